The van der Waals surface area contributed by atoms with E-state index in [0.717, 1.165) is 0 Å². The molecule has 0 saturated carbocycles. The predicted molar refractivity (Wildman–Crippen MR) is 42.9 cm³/mol. The summed E-state index contributed by atoms with van der Waals surface area (Å²) in [5.41, 5.74) is -2.16. The van der Waals surface area contributed by atoms with Gasteiger partial charge in [-0.2, -0.15) is 0 Å². The van der Waals surface area contributed by atoms with Crippen molar-refractivity contribution in [3.63, 3.8) is 0 Å². The first-order valence-corrected chi connectivity index (χ1v) is 4.43. The third kappa shape index (κ3) is 6.20. The van der Waals surface area contributed by atoms with E-state index in [1.165, 1.54) is 0 Å². The van der Waals surface area contributed by atoms with Crippen LogP contribution in [0, 0.1) is 0 Å². The van der Waals surface area contributed by atoms with Gasteiger partial charge in [0.25, 0.3) is 0 Å². The van der Waals surface area contributed by atoms with Crippen LogP contribution in [0.4, 0.5) is 0 Å². The predicted octanol–water partition coefficient (Wildman–Crippen LogP) is -1.56. The molecule has 0 aromatic heterocycles. The molecule has 13 heavy (non-hydrogen) atoms. The summed E-state index contributed by atoms with van der Waals surface area (Å²) < 4.78 is 10.4. The van der Waals surface area contributed by atoms with Crippen LogP contribution in [-0.2, 0) is 14.2 Å². The molecule has 0 heterocycles. The summed E-state index contributed by atoms with van der Waals surface area (Å²) in [6.45, 7) is 0. The molecule has 0 aromatic rings. The van der Waals surface area contributed by atoms with Gasteiger partial charge in [0.05, 0.1) is 6.42 Å². The molecule has 1 unspecified atom stereocenters. The zero-order chi connectivity index (χ0) is 9.94. The minimum absolute atomic E-state index is 0. The molecule has 0 spiro atoms. The Bertz CT molecular complexity index is 245. The van der Waals surface area contributed by atoms with E-state index in [2.05, 4.69) is 0 Å². The number of hydrogen-bond donors (Lipinski definition) is 4. The Hall–Kier alpha value is 0.0900. The Balaban J connectivity index is 0. The molecule has 0 aliphatic heterocycles. The van der Waals surface area contributed by atoms with Gasteiger partial charge in [0, 0.05) is 0 Å². The average Bonchev–Trinajstić information content (AvgIpc) is 1.79. The first kappa shape index (κ1) is 15.6. The molecule has 9 heteroatoms. The Kier molecular flexibility index (Phi) is 6.87. The van der Waals surface area contributed by atoms with Crippen molar-refractivity contribution in [3.05, 3.63) is 0 Å². The third-order valence-electron chi connectivity index (χ3n) is 1.06. The fourth-order valence-corrected chi connectivity index (χ4v) is 1.20. The molecule has 0 aromatic carbocycles. The van der Waals surface area contributed by atoms with Gasteiger partial charge < -0.3 is 20.0 Å². The Labute approximate surface area is 95.2 Å². The average molecular weight is 222 g/mol. The summed E-state index contributed by atoms with van der Waals surface area (Å²) in [5, 5.41) is 16.3. The Morgan fingerprint density at radius 1 is 1.23 bits per heavy atom. The number of carboxylic acids is 2. The summed E-state index contributed by atoms with van der Waals surface area (Å²) in [4.78, 5) is 36.8. The second kappa shape index (κ2) is 5.74. The Morgan fingerprint density at radius 2 is 1.62 bits per heavy atom. The van der Waals surface area contributed by atoms with Gasteiger partial charge >= 0.3 is 49.1 Å². The normalized spacial score (nSPS) is 12.8. The molecule has 0 rings (SSSR count). The Morgan fingerprint density at radius 3 is 1.69 bits per heavy atom. The van der Waals surface area contributed by atoms with Crippen LogP contribution in [0.5, 0.6) is 0 Å². The van der Waals surface area contributed by atoms with Crippen LogP contribution in [0.15, 0.2) is 0 Å². The van der Waals surface area contributed by atoms with E-state index in [1.807, 2.05) is 0 Å². The molecule has 7 nitrogen and oxygen atoms in total. The summed E-state index contributed by atoms with van der Waals surface area (Å²) in [6.07, 6.45) is -1.08. The van der Waals surface area contributed by atoms with Crippen LogP contribution in [0.25, 0.3) is 0 Å². The van der Waals surface area contributed by atoms with E-state index >= 15 is 0 Å². The molecular formula is C4H8NaO7P. The SMILES string of the molecule is O=C(O)CC(C(=O)O)P(=O)(O)O.[NaH]. The van der Waals surface area contributed by atoms with E-state index in [1.54, 1.807) is 0 Å². The molecule has 0 aliphatic rings. The summed E-state index contributed by atoms with van der Waals surface area (Å²) in [5.74, 6) is -3.38. The van der Waals surface area contributed by atoms with Crippen molar-refractivity contribution in [1.29, 1.82) is 0 Å². The van der Waals surface area contributed by atoms with E-state index in [4.69, 9.17) is 20.0 Å². The van der Waals surface area contributed by atoms with E-state index in [0.29, 0.717) is 0 Å². The molecule has 0 aliphatic carbocycles. The fraction of sp³-hybridized carbons (Fsp3) is 0.500. The number of hydrogen-bond acceptors (Lipinski definition) is 3. The third-order valence-corrected chi connectivity index (χ3v) is 2.27. The van der Waals surface area contributed by atoms with Crippen molar-refractivity contribution < 1.29 is 34.2 Å². The van der Waals surface area contributed by atoms with Gasteiger partial charge in [-0.15, -0.1) is 0 Å². The van der Waals surface area contributed by atoms with Crippen LogP contribution in [0.2, 0.25) is 0 Å². The zero-order valence-electron chi connectivity index (χ0n) is 5.75. The van der Waals surface area contributed by atoms with E-state index < -0.39 is 31.6 Å². The van der Waals surface area contributed by atoms with Crippen molar-refractivity contribution >= 4 is 49.1 Å². The molecular weight excluding hydrogens is 214 g/mol. The van der Waals surface area contributed by atoms with Crippen molar-refractivity contribution in [2.75, 3.05) is 0 Å². The second-order valence-corrected chi connectivity index (χ2v) is 3.84. The molecule has 1 atom stereocenters. The fourth-order valence-electron chi connectivity index (χ4n) is 0.515. The van der Waals surface area contributed by atoms with Gasteiger partial charge in [0.1, 0.15) is 0 Å². The minimum atomic E-state index is -4.87. The van der Waals surface area contributed by atoms with Crippen LogP contribution in [0.1, 0.15) is 6.42 Å². The molecule has 0 fully saturated rings. The second-order valence-electron chi connectivity index (χ2n) is 2.04. The van der Waals surface area contributed by atoms with Crippen molar-refractivity contribution in [2.24, 2.45) is 0 Å². The first-order chi connectivity index (χ1) is 5.25. The molecule has 0 amide bonds. The van der Waals surface area contributed by atoms with Crippen LogP contribution in [0.3, 0.4) is 0 Å². The summed E-state index contributed by atoms with van der Waals surface area (Å²) in [7, 11) is -4.87. The summed E-state index contributed by atoms with van der Waals surface area (Å²) >= 11 is 0. The van der Waals surface area contributed by atoms with Gasteiger partial charge in [0.15, 0.2) is 5.66 Å². The van der Waals surface area contributed by atoms with Gasteiger partial charge in [-0.1, -0.05) is 0 Å². The molecule has 0 bridgehead atoms. The van der Waals surface area contributed by atoms with Crippen molar-refractivity contribution in [2.45, 2.75) is 12.1 Å². The molecule has 72 valence electrons. The molecule has 0 radical (unpaired) electrons. The van der Waals surface area contributed by atoms with E-state index in [-0.39, 0.29) is 29.6 Å². The van der Waals surface area contributed by atoms with Crippen LogP contribution >= 0.6 is 7.60 Å². The molecule has 4 N–H and O–H groups in total. The van der Waals surface area contributed by atoms with Gasteiger partial charge in [0.2, 0.25) is 0 Å². The number of aliphatic carboxylic acids is 2. The van der Waals surface area contributed by atoms with Gasteiger partial charge in [-0.05, 0) is 0 Å². The van der Waals surface area contributed by atoms with E-state index in [9.17, 15) is 14.2 Å². The number of rotatable bonds is 4. The zero-order valence-corrected chi connectivity index (χ0v) is 6.64. The van der Waals surface area contributed by atoms with Crippen LogP contribution < -0.4 is 0 Å². The summed E-state index contributed by atoms with van der Waals surface area (Å²) in [6, 6.07) is 0. The quantitative estimate of drug-likeness (QED) is 0.334. The first-order valence-electron chi connectivity index (χ1n) is 2.75. The maximum absolute atomic E-state index is 10.4. The number of carboxylic acid groups (broad SMARTS) is 2. The van der Waals surface area contributed by atoms with Crippen molar-refractivity contribution in [3.8, 4) is 0 Å². The van der Waals surface area contributed by atoms with Gasteiger partial charge in [-0.25, -0.2) is 0 Å². The number of carbonyl (C=O) groups is 2. The standard InChI is InChI=1S/C4H7O7P.Na.H/c5-3(6)1-2(4(7)8)12(9,10)11;;/h2H,1H2,(H,5,6)(H,7,8)(H2,9,10,11);;. The molecule has 0 saturated heterocycles. The topological polar surface area (TPSA) is 132 Å². The van der Waals surface area contributed by atoms with Crippen molar-refractivity contribution in [1.82, 2.24) is 0 Å². The van der Waals surface area contributed by atoms with Crippen LogP contribution in [-0.4, -0.2) is 67.2 Å². The van der Waals surface area contributed by atoms with Gasteiger partial charge in [-0.3, -0.25) is 14.2 Å². The monoisotopic (exact) mass is 222 g/mol. The maximum atomic E-state index is 10.4.